The van der Waals surface area contributed by atoms with Crippen LogP contribution in [0.1, 0.15) is 38.8 Å². The smallest absolute Gasteiger partial charge is 0.0717 e. The zero-order chi connectivity index (χ0) is 20.9. The number of benzene rings is 2. The molecule has 0 spiro atoms. The van der Waals surface area contributed by atoms with Crippen LogP contribution < -0.4 is 0 Å². The summed E-state index contributed by atoms with van der Waals surface area (Å²) in [6.45, 7) is 10.4. The van der Waals surface area contributed by atoms with Crippen molar-refractivity contribution in [2.45, 2.75) is 40.9 Å². The molecule has 0 bridgehead atoms. The van der Waals surface area contributed by atoms with Gasteiger partial charge in [0.1, 0.15) is 0 Å². The largest absolute Gasteiger partial charge is 0.375 e. The standard InChI is InChI=1S/2C13H16O/c2*1-4-13(2,3)11-14-10-12-8-6-5-7-9-12/h2*1,5-9H,10-11H2,2-3H3. The van der Waals surface area contributed by atoms with E-state index in [1.807, 2.05) is 88.4 Å². The molecule has 0 aromatic heterocycles. The van der Waals surface area contributed by atoms with Crippen molar-refractivity contribution in [3.63, 3.8) is 0 Å². The lowest BCUT2D eigenvalue weighted by atomic mass is 9.97. The molecule has 2 nitrogen and oxygen atoms in total. The first kappa shape index (κ1) is 23.5. The van der Waals surface area contributed by atoms with Gasteiger partial charge in [-0.2, -0.15) is 0 Å². The first-order chi connectivity index (χ1) is 13.3. The lowest BCUT2D eigenvalue weighted by Crippen LogP contribution is -2.16. The molecular weight excluding hydrogens is 344 g/mol. The second-order valence-electron chi connectivity index (χ2n) is 8.01. The van der Waals surface area contributed by atoms with Crippen molar-refractivity contribution in [3.05, 3.63) is 71.8 Å². The first-order valence-electron chi connectivity index (χ1n) is 9.47. The maximum atomic E-state index is 5.53. The van der Waals surface area contributed by atoms with Crippen LogP contribution in [0.15, 0.2) is 60.7 Å². The van der Waals surface area contributed by atoms with E-state index in [1.165, 1.54) is 11.1 Å². The van der Waals surface area contributed by atoms with Crippen molar-refractivity contribution in [2.24, 2.45) is 10.8 Å². The molecule has 0 saturated carbocycles. The minimum Gasteiger partial charge on any atom is -0.375 e. The van der Waals surface area contributed by atoms with E-state index >= 15 is 0 Å². The Morgan fingerprint density at radius 1 is 0.643 bits per heavy atom. The highest BCUT2D eigenvalue weighted by atomic mass is 16.5. The van der Waals surface area contributed by atoms with Gasteiger partial charge in [-0.25, -0.2) is 0 Å². The van der Waals surface area contributed by atoms with Crippen LogP contribution in [-0.4, -0.2) is 13.2 Å². The van der Waals surface area contributed by atoms with Crippen molar-refractivity contribution in [2.75, 3.05) is 13.2 Å². The van der Waals surface area contributed by atoms with Crippen molar-refractivity contribution in [1.82, 2.24) is 0 Å². The van der Waals surface area contributed by atoms with Crippen LogP contribution in [0.25, 0.3) is 0 Å². The van der Waals surface area contributed by atoms with Gasteiger partial charge < -0.3 is 9.47 Å². The summed E-state index contributed by atoms with van der Waals surface area (Å²) in [6.07, 6.45) is 10.7. The highest BCUT2D eigenvalue weighted by molar-refractivity contribution is 5.14. The molecule has 0 heterocycles. The molecule has 0 aliphatic heterocycles. The van der Waals surface area contributed by atoms with E-state index in [0.29, 0.717) is 26.4 Å². The molecule has 2 heteroatoms. The maximum absolute atomic E-state index is 5.53. The monoisotopic (exact) mass is 376 g/mol. The van der Waals surface area contributed by atoms with E-state index in [0.717, 1.165) is 0 Å². The predicted molar refractivity (Wildman–Crippen MR) is 117 cm³/mol. The molecule has 0 fully saturated rings. The fourth-order valence-electron chi connectivity index (χ4n) is 2.08. The zero-order valence-electron chi connectivity index (χ0n) is 17.6. The number of rotatable bonds is 8. The third kappa shape index (κ3) is 10.6. The SMILES string of the molecule is C#CC(C)(C)COCc1ccccc1.C#CC(C)(C)COCc1ccccc1. The Balaban J connectivity index is 0.000000280. The van der Waals surface area contributed by atoms with Crippen molar-refractivity contribution >= 4 is 0 Å². The van der Waals surface area contributed by atoms with Crippen LogP contribution in [0.4, 0.5) is 0 Å². The van der Waals surface area contributed by atoms with E-state index < -0.39 is 0 Å². The van der Waals surface area contributed by atoms with E-state index in [4.69, 9.17) is 22.3 Å². The van der Waals surface area contributed by atoms with E-state index in [-0.39, 0.29) is 10.8 Å². The minimum absolute atomic E-state index is 0.172. The summed E-state index contributed by atoms with van der Waals surface area (Å²) >= 11 is 0. The summed E-state index contributed by atoms with van der Waals surface area (Å²) in [6, 6.07) is 20.2. The molecule has 0 N–H and O–H groups in total. The molecule has 2 aromatic carbocycles. The molecular formula is C26H32O2. The number of hydrogen-bond acceptors (Lipinski definition) is 2. The Morgan fingerprint density at radius 2 is 0.964 bits per heavy atom. The molecule has 0 saturated heterocycles. The van der Waals surface area contributed by atoms with Crippen LogP contribution in [0.2, 0.25) is 0 Å². The normalized spacial score (nSPS) is 10.9. The van der Waals surface area contributed by atoms with Gasteiger partial charge >= 0.3 is 0 Å². The molecule has 0 aliphatic carbocycles. The average Bonchev–Trinajstić information content (AvgIpc) is 2.70. The Labute approximate surface area is 171 Å². The lowest BCUT2D eigenvalue weighted by molar-refractivity contribution is 0.0754. The molecule has 0 atom stereocenters. The van der Waals surface area contributed by atoms with Crippen molar-refractivity contribution < 1.29 is 9.47 Å². The predicted octanol–water partition coefficient (Wildman–Crippen LogP) is 5.73. The second-order valence-corrected chi connectivity index (χ2v) is 8.01. The Bertz CT molecular complexity index is 679. The molecule has 0 radical (unpaired) electrons. The highest BCUT2D eigenvalue weighted by Crippen LogP contribution is 2.15. The quantitative estimate of drug-likeness (QED) is 0.548. The van der Waals surface area contributed by atoms with Gasteiger partial charge in [0.15, 0.2) is 0 Å². The van der Waals surface area contributed by atoms with Gasteiger partial charge in [0, 0.05) is 10.8 Å². The van der Waals surface area contributed by atoms with E-state index in [2.05, 4.69) is 11.8 Å². The van der Waals surface area contributed by atoms with Crippen LogP contribution in [0, 0.1) is 35.5 Å². The van der Waals surface area contributed by atoms with Crippen molar-refractivity contribution in [3.8, 4) is 24.7 Å². The molecule has 0 aliphatic rings. The number of terminal acetylenes is 2. The van der Waals surface area contributed by atoms with Crippen LogP contribution >= 0.6 is 0 Å². The van der Waals surface area contributed by atoms with Gasteiger partial charge in [-0.05, 0) is 38.8 Å². The van der Waals surface area contributed by atoms with Gasteiger partial charge in [0.05, 0.1) is 26.4 Å². The summed E-state index contributed by atoms with van der Waals surface area (Å²) in [5.74, 6) is 5.41. The molecule has 0 unspecified atom stereocenters. The van der Waals surface area contributed by atoms with Crippen molar-refractivity contribution in [1.29, 1.82) is 0 Å². The third-order valence-corrected chi connectivity index (χ3v) is 3.93. The number of ether oxygens (including phenoxy) is 2. The second kappa shape index (κ2) is 12.0. The summed E-state index contributed by atoms with van der Waals surface area (Å²) < 4.78 is 11.1. The van der Waals surface area contributed by atoms with Gasteiger partial charge in [-0.3, -0.25) is 0 Å². The number of hydrogen-bond donors (Lipinski definition) is 0. The van der Waals surface area contributed by atoms with Gasteiger partial charge in [-0.15, -0.1) is 12.8 Å². The summed E-state index contributed by atoms with van der Waals surface area (Å²) in [7, 11) is 0. The maximum Gasteiger partial charge on any atom is 0.0717 e. The Morgan fingerprint density at radius 3 is 1.25 bits per heavy atom. The lowest BCUT2D eigenvalue weighted by Gasteiger charge is -2.17. The summed E-state index contributed by atoms with van der Waals surface area (Å²) in [4.78, 5) is 0. The molecule has 2 rings (SSSR count). The fourth-order valence-corrected chi connectivity index (χ4v) is 2.08. The molecule has 28 heavy (non-hydrogen) atoms. The fraction of sp³-hybridized carbons (Fsp3) is 0.385. The van der Waals surface area contributed by atoms with E-state index in [9.17, 15) is 0 Å². The first-order valence-corrected chi connectivity index (χ1v) is 9.47. The van der Waals surface area contributed by atoms with Crippen LogP contribution in [0.5, 0.6) is 0 Å². The minimum atomic E-state index is -0.172. The van der Waals surface area contributed by atoms with Gasteiger partial charge in [0.25, 0.3) is 0 Å². The highest BCUT2D eigenvalue weighted by Gasteiger charge is 2.14. The average molecular weight is 377 g/mol. The van der Waals surface area contributed by atoms with Crippen LogP contribution in [0.3, 0.4) is 0 Å². The molecule has 2 aromatic rings. The Hall–Kier alpha value is -2.52. The third-order valence-electron chi connectivity index (χ3n) is 3.93. The van der Waals surface area contributed by atoms with Gasteiger partial charge in [-0.1, -0.05) is 72.5 Å². The zero-order valence-corrected chi connectivity index (χ0v) is 17.6. The summed E-state index contributed by atoms with van der Waals surface area (Å²) in [5, 5.41) is 0. The summed E-state index contributed by atoms with van der Waals surface area (Å²) in [5.41, 5.74) is 2.02. The topological polar surface area (TPSA) is 18.5 Å². The Kier molecular flexibility index (Phi) is 10.1. The van der Waals surface area contributed by atoms with Crippen LogP contribution in [-0.2, 0) is 22.7 Å². The molecule has 0 amide bonds. The van der Waals surface area contributed by atoms with E-state index in [1.54, 1.807) is 0 Å². The molecule has 148 valence electrons. The van der Waals surface area contributed by atoms with Gasteiger partial charge in [0.2, 0.25) is 0 Å².